The molecule has 0 bridgehead atoms. The van der Waals surface area contributed by atoms with Gasteiger partial charge in [-0.25, -0.2) is 4.98 Å². The third-order valence-corrected chi connectivity index (χ3v) is 4.29. The summed E-state index contributed by atoms with van der Waals surface area (Å²) >= 11 is 1.59. The second kappa shape index (κ2) is 11.3. The number of aliphatic imine (C=N–C) groups is 1. The molecule has 0 aliphatic heterocycles. The first-order valence-corrected chi connectivity index (χ1v) is 8.79. The smallest absolute Gasteiger partial charge is 0.387 e. The number of nitrogens with zero attached hydrogens (tertiary/aromatic N) is 2. The van der Waals surface area contributed by atoms with E-state index in [1.165, 1.54) is 6.07 Å². The Bertz CT molecular complexity index is 710. The highest BCUT2D eigenvalue weighted by Gasteiger charge is 2.10. The Morgan fingerprint density at radius 2 is 1.92 bits per heavy atom. The fourth-order valence-corrected chi connectivity index (χ4v) is 2.99. The van der Waals surface area contributed by atoms with Gasteiger partial charge in [-0.2, -0.15) is 8.78 Å². The number of nitrogens with one attached hydrogen (secondary N) is 2. The third kappa shape index (κ3) is 7.02. The summed E-state index contributed by atoms with van der Waals surface area (Å²) in [6.45, 7) is 2.22. The number of benzene rings is 1. The van der Waals surface area contributed by atoms with Gasteiger partial charge in [-0.3, -0.25) is 4.99 Å². The number of rotatable bonds is 7. The van der Waals surface area contributed by atoms with Crippen LogP contribution in [0.1, 0.15) is 36.0 Å². The quantitative estimate of drug-likeness (QED) is 0.340. The summed E-state index contributed by atoms with van der Waals surface area (Å²) in [5.41, 5.74) is 1.70. The van der Waals surface area contributed by atoms with E-state index in [0.29, 0.717) is 30.5 Å². The van der Waals surface area contributed by atoms with Gasteiger partial charge in [0.2, 0.25) is 0 Å². The van der Waals surface area contributed by atoms with Crippen LogP contribution in [0.5, 0.6) is 5.75 Å². The Hall–Kier alpha value is -1.49. The number of ether oxygens (including phenoxy) is 1. The van der Waals surface area contributed by atoms with Gasteiger partial charge in [-0.15, -0.1) is 35.3 Å². The van der Waals surface area contributed by atoms with Crippen LogP contribution in [-0.4, -0.2) is 24.6 Å². The predicted octanol–water partition coefficient (Wildman–Crippen LogP) is 4.35. The summed E-state index contributed by atoms with van der Waals surface area (Å²) in [5.74, 6) is 1.11. The lowest BCUT2D eigenvalue weighted by atomic mass is 10.2. The van der Waals surface area contributed by atoms with Gasteiger partial charge in [0.25, 0.3) is 0 Å². The first-order chi connectivity index (χ1) is 12.0. The number of alkyl halides is 2. The summed E-state index contributed by atoms with van der Waals surface area (Å²) in [5, 5.41) is 9.27. The lowest BCUT2D eigenvalue weighted by molar-refractivity contribution is -0.0504. The van der Waals surface area contributed by atoms with Crippen molar-refractivity contribution < 1.29 is 13.5 Å². The van der Waals surface area contributed by atoms with Crippen LogP contribution in [-0.2, 0) is 13.1 Å². The zero-order chi connectivity index (χ0) is 18.2. The van der Waals surface area contributed by atoms with E-state index in [2.05, 4.69) is 44.6 Å². The Labute approximate surface area is 173 Å². The molecule has 2 N–H and O–H groups in total. The third-order valence-electron chi connectivity index (χ3n) is 3.43. The molecule has 0 aliphatic carbocycles. The molecule has 1 aromatic carbocycles. The number of para-hydroxylation sites is 1. The van der Waals surface area contributed by atoms with Gasteiger partial charge in [0.15, 0.2) is 5.96 Å². The van der Waals surface area contributed by atoms with Crippen LogP contribution < -0.4 is 15.4 Å². The summed E-state index contributed by atoms with van der Waals surface area (Å²) in [6.07, 6.45) is 0. The van der Waals surface area contributed by atoms with Crippen molar-refractivity contribution in [3.63, 3.8) is 0 Å². The highest BCUT2D eigenvalue weighted by molar-refractivity contribution is 14.0. The van der Waals surface area contributed by atoms with Gasteiger partial charge in [-0.1, -0.05) is 32.0 Å². The fourth-order valence-electron chi connectivity index (χ4n) is 2.09. The highest BCUT2D eigenvalue weighted by Crippen LogP contribution is 2.20. The summed E-state index contributed by atoms with van der Waals surface area (Å²) in [6, 6.07) is 6.67. The van der Waals surface area contributed by atoms with Crippen molar-refractivity contribution in [3.05, 3.63) is 45.9 Å². The Morgan fingerprint density at radius 3 is 2.54 bits per heavy atom. The maximum absolute atomic E-state index is 12.4. The molecule has 144 valence electrons. The second-order valence-electron chi connectivity index (χ2n) is 5.59. The normalized spacial score (nSPS) is 11.4. The number of halogens is 3. The van der Waals surface area contributed by atoms with Gasteiger partial charge >= 0.3 is 6.61 Å². The van der Waals surface area contributed by atoms with Gasteiger partial charge in [0.1, 0.15) is 10.8 Å². The molecule has 9 heteroatoms. The highest BCUT2D eigenvalue weighted by atomic mass is 127. The molecule has 0 amide bonds. The van der Waals surface area contributed by atoms with Gasteiger partial charge in [-0.05, 0) is 12.0 Å². The molecular formula is C17H23F2IN4OS. The van der Waals surface area contributed by atoms with Crippen LogP contribution in [0.25, 0.3) is 0 Å². The van der Waals surface area contributed by atoms with Gasteiger partial charge < -0.3 is 15.4 Å². The minimum Gasteiger partial charge on any atom is -0.434 e. The van der Waals surface area contributed by atoms with Crippen LogP contribution in [0.15, 0.2) is 34.6 Å². The van der Waals surface area contributed by atoms with E-state index in [1.54, 1.807) is 36.6 Å². The van der Waals surface area contributed by atoms with Crippen LogP contribution in [0.4, 0.5) is 8.78 Å². The van der Waals surface area contributed by atoms with E-state index in [9.17, 15) is 8.78 Å². The maximum atomic E-state index is 12.4. The van der Waals surface area contributed by atoms with Gasteiger partial charge in [0, 0.05) is 24.5 Å². The average molecular weight is 496 g/mol. The molecule has 0 fully saturated rings. The molecule has 26 heavy (non-hydrogen) atoms. The molecule has 0 atom stereocenters. The van der Waals surface area contributed by atoms with E-state index in [-0.39, 0.29) is 29.7 Å². The van der Waals surface area contributed by atoms with Crippen LogP contribution in [0.2, 0.25) is 0 Å². The summed E-state index contributed by atoms with van der Waals surface area (Å²) in [7, 11) is 1.65. The first kappa shape index (κ1) is 22.6. The fraction of sp³-hybridized carbons (Fsp3) is 0.412. The molecule has 0 saturated heterocycles. The van der Waals surface area contributed by atoms with Gasteiger partial charge in [0.05, 0.1) is 12.2 Å². The molecule has 0 radical (unpaired) electrons. The van der Waals surface area contributed by atoms with Crippen molar-refractivity contribution in [2.24, 2.45) is 4.99 Å². The monoisotopic (exact) mass is 496 g/mol. The molecule has 0 unspecified atom stereocenters. The molecular weight excluding hydrogens is 473 g/mol. The zero-order valence-electron chi connectivity index (χ0n) is 14.8. The molecule has 0 aliphatic rings. The van der Waals surface area contributed by atoms with Crippen molar-refractivity contribution in [1.82, 2.24) is 15.6 Å². The predicted molar refractivity (Wildman–Crippen MR) is 112 cm³/mol. The molecule has 2 aromatic rings. The summed E-state index contributed by atoms with van der Waals surface area (Å²) in [4.78, 5) is 8.68. The van der Waals surface area contributed by atoms with E-state index < -0.39 is 6.61 Å². The summed E-state index contributed by atoms with van der Waals surface area (Å²) < 4.78 is 29.4. The Morgan fingerprint density at radius 1 is 1.23 bits per heavy atom. The standard InChI is InChI=1S/C17H22F2N4OS.HI/c1-11(2)13-10-25-15(23-13)9-22-17(20-3)21-8-12-6-4-5-7-14(12)24-16(18)19;/h4-7,10-11,16H,8-9H2,1-3H3,(H2,20,21,22);1H. The van der Waals surface area contributed by atoms with Crippen molar-refractivity contribution in [2.45, 2.75) is 39.5 Å². The van der Waals surface area contributed by atoms with Crippen LogP contribution in [0, 0.1) is 0 Å². The average Bonchev–Trinajstić information content (AvgIpc) is 3.05. The lowest BCUT2D eigenvalue weighted by Crippen LogP contribution is -2.36. The molecule has 1 heterocycles. The number of hydrogen-bond acceptors (Lipinski definition) is 4. The van der Waals surface area contributed by atoms with E-state index in [4.69, 9.17) is 0 Å². The van der Waals surface area contributed by atoms with E-state index >= 15 is 0 Å². The topological polar surface area (TPSA) is 58.5 Å². The van der Waals surface area contributed by atoms with Crippen LogP contribution >= 0.6 is 35.3 Å². The van der Waals surface area contributed by atoms with Crippen molar-refractivity contribution in [3.8, 4) is 5.75 Å². The van der Waals surface area contributed by atoms with E-state index in [0.717, 1.165) is 10.7 Å². The lowest BCUT2D eigenvalue weighted by Gasteiger charge is -2.14. The molecule has 0 spiro atoms. The van der Waals surface area contributed by atoms with Crippen molar-refractivity contribution in [2.75, 3.05) is 7.05 Å². The molecule has 2 rings (SSSR count). The van der Waals surface area contributed by atoms with Crippen LogP contribution in [0.3, 0.4) is 0 Å². The number of hydrogen-bond donors (Lipinski definition) is 2. The number of thiazole rings is 1. The largest absolute Gasteiger partial charge is 0.434 e. The maximum Gasteiger partial charge on any atom is 0.387 e. The van der Waals surface area contributed by atoms with Crippen molar-refractivity contribution >= 4 is 41.3 Å². The Balaban J connectivity index is 0.00000338. The first-order valence-electron chi connectivity index (χ1n) is 7.91. The molecule has 1 aromatic heterocycles. The molecule has 5 nitrogen and oxygen atoms in total. The minimum absolute atomic E-state index is 0. The van der Waals surface area contributed by atoms with Crippen molar-refractivity contribution in [1.29, 1.82) is 0 Å². The molecule has 0 saturated carbocycles. The number of aromatic nitrogens is 1. The second-order valence-corrected chi connectivity index (χ2v) is 6.53. The Kier molecular flexibility index (Phi) is 9.78. The zero-order valence-corrected chi connectivity index (χ0v) is 18.0. The van der Waals surface area contributed by atoms with E-state index in [1.807, 2.05) is 0 Å². The minimum atomic E-state index is -2.85. The number of guanidine groups is 1. The SMILES string of the molecule is CN=C(NCc1nc(C(C)C)cs1)NCc1ccccc1OC(F)F.I.